The Morgan fingerprint density at radius 3 is 2.75 bits per heavy atom. The smallest absolute Gasteiger partial charge is 0.273 e. The summed E-state index contributed by atoms with van der Waals surface area (Å²) in [4.78, 5) is 10.5. The number of nitro groups is 1. The van der Waals surface area contributed by atoms with Gasteiger partial charge in [-0.15, -0.1) is 0 Å². The molecule has 0 heterocycles. The van der Waals surface area contributed by atoms with Gasteiger partial charge in [0.15, 0.2) is 0 Å². The zero-order valence-electron chi connectivity index (χ0n) is 11.8. The number of rotatable bonds is 6. The molecule has 110 valence electrons. The Bertz CT molecular complexity index is 485. The molecule has 0 aliphatic heterocycles. The van der Waals surface area contributed by atoms with Gasteiger partial charge in [-0.05, 0) is 47.7 Å². The van der Waals surface area contributed by atoms with E-state index in [4.69, 9.17) is 0 Å². The average Bonchev–Trinajstić information content (AvgIpc) is 2.90. The second-order valence-corrected chi connectivity index (χ2v) is 6.45. The molecule has 1 fully saturated rings. The lowest BCUT2D eigenvalue weighted by Crippen LogP contribution is -2.05. The Kier molecular flexibility index (Phi) is 5.40. The van der Waals surface area contributed by atoms with Gasteiger partial charge in [0.25, 0.3) is 5.69 Å². The van der Waals surface area contributed by atoms with Crippen molar-refractivity contribution >= 4 is 27.3 Å². The first-order valence-electron chi connectivity index (χ1n) is 7.26. The standard InChI is InChI=1S/C15H21BrN2O2/c1-11-9-14(13(16)10-15(11)18(19)20)17-8-4-7-12-5-2-3-6-12/h9-10,12,17H,2-8H2,1H3. The zero-order valence-corrected chi connectivity index (χ0v) is 13.4. The molecular weight excluding hydrogens is 320 g/mol. The van der Waals surface area contributed by atoms with E-state index in [9.17, 15) is 10.1 Å². The summed E-state index contributed by atoms with van der Waals surface area (Å²) in [6.45, 7) is 2.70. The number of hydrogen-bond donors (Lipinski definition) is 1. The maximum absolute atomic E-state index is 10.9. The van der Waals surface area contributed by atoms with Gasteiger partial charge in [0.05, 0.1) is 4.92 Å². The number of aryl methyl sites for hydroxylation is 1. The number of nitro benzene ring substituents is 1. The molecule has 20 heavy (non-hydrogen) atoms. The van der Waals surface area contributed by atoms with E-state index in [1.54, 1.807) is 13.0 Å². The highest BCUT2D eigenvalue weighted by Crippen LogP contribution is 2.31. The van der Waals surface area contributed by atoms with Crippen LogP contribution in [0.25, 0.3) is 0 Å². The van der Waals surface area contributed by atoms with Crippen molar-refractivity contribution in [1.29, 1.82) is 0 Å². The lowest BCUT2D eigenvalue weighted by molar-refractivity contribution is -0.385. The summed E-state index contributed by atoms with van der Waals surface area (Å²) < 4.78 is 0.760. The van der Waals surface area contributed by atoms with Crippen molar-refractivity contribution in [2.75, 3.05) is 11.9 Å². The summed E-state index contributed by atoms with van der Waals surface area (Å²) in [5.74, 6) is 0.916. The first-order valence-corrected chi connectivity index (χ1v) is 8.05. The predicted molar refractivity (Wildman–Crippen MR) is 85.2 cm³/mol. The molecule has 4 nitrogen and oxygen atoms in total. The molecule has 0 radical (unpaired) electrons. The third kappa shape index (κ3) is 3.95. The number of anilines is 1. The van der Waals surface area contributed by atoms with E-state index in [-0.39, 0.29) is 10.6 Å². The van der Waals surface area contributed by atoms with E-state index < -0.39 is 0 Å². The van der Waals surface area contributed by atoms with E-state index in [0.717, 1.165) is 29.0 Å². The van der Waals surface area contributed by atoms with Crippen molar-refractivity contribution in [1.82, 2.24) is 0 Å². The van der Waals surface area contributed by atoms with Crippen LogP contribution in [0.5, 0.6) is 0 Å². The molecule has 1 saturated carbocycles. The molecule has 0 spiro atoms. The number of benzene rings is 1. The molecule has 0 aromatic heterocycles. The SMILES string of the molecule is Cc1cc(NCCCC2CCCC2)c(Br)cc1[N+](=O)[O-]. The van der Waals surface area contributed by atoms with Gasteiger partial charge in [0, 0.05) is 28.3 Å². The predicted octanol–water partition coefficient (Wildman–Crippen LogP) is 5.05. The second kappa shape index (κ2) is 7.07. The van der Waals surface area contributed by atoms with E-state index in [2.05, 4.69) is 21.2 Å². The molecule has 1 aromatic carbocycles. The van der Waals surface area contributed by atoms with Gasteiger partial charge in [-0.25, -0.2) is 0 Å². The van der Waals surface area contributed by atoms with Gasteiger partial charge >= 0.3 is 0 Å². The van der Waals surface area contributed by atoms with Gasteiger partial charge in [0.1, 0.15) is 0 Å². The minimum atomic E-state index is -0.343. The largest absolute Gasteiger partial charge is 0.384 e. The fraction of sp³-hybridized carbons (Fsp3) is 0.600. The molecule has 5 heteroatoms. The second-order valence-electron chi connectivity index (χ2n) is 5.60. The van der Waals surface area contributed by atoms with Gasteiger partial charge in [-0.2, -0.15) is 0 Å². The molecule has 0 amide bonds. The highest BCUT2D eigenvalue weighted by atomic mass is 79.9. The Hall–Kier alpha value is -1.10. The van der Waals surface area contributed by atoms with E-state index >= 15 is 0 Å². The molecule has 1 aromatic rings. The number of halogens is 1. The minimum absolute atomic E-state index is 0.161. The van der Waals surface area contributed by atoms with Crippen LogP contribution in [0.2, 0.25) is 0 Å². The molecule has 1 N–H and O–H groups in total. The quantitative estimate of drug-likeness (QED) is 0.448. The van der Waals surface area contributed by atoms with Gasteiger partial charge in [-0.1, -0.05) is 25.7 Å². The van der Waals surface area contributed by atoms with E-state index in [1.807, 2.05) is 6.07 Å². The maximum atomic E-state index is 10.9. The summed E-state index contributed by atoms with van der Waals surface area (Å²) in [5, 5.41) is 14.2. The van der Waals surface area contributed by atoms with Crippen molar-refractivity contribution in [3.8, 4) is 0 Å². The summed E-state index contributed by atoms with van der Waals surface area (Å²) in [6, 6.07) is 3.42. The van der Waals surface area contributed by atoms with Crippen LogP contribution in [-0.2, 0) is 0 Å². The monoisotopic (exact) mass is 340 g/mol. The Morgan fingerprint density at radius 2 is 2.10 bits per heavy atom. The molecule has 2 rings (SSSR count). The summed E-state index contributed by atoms with van der Waals surface area (Å²) in [7, 11) is 0. The highest BCUT2D eigenvalue weighted by molar-refractivity contribution is 9.10. The third-order valence-electron chi connectivity index (χ3n) is 4.06. The van der Waals surface area contributed by atoms with Crippen molar-refractivity contribution in [3.63, 3.8) is 0 Å². The summed E-state index contributed by atoms with van der Waals surface area (Å²) >= 11 is 3.40. The van der Waals surface area contributed by atoms with Crippen LogP contribution in [0.3, 0.4) is 0 Å². The molecule has 0 atom stereocenters. The molecular formula is C15H21BrN2O2. The van der Waals surface area contributed by atoms with E-state index in [1.165, 1.54) is 32.1 Å². The number of nitrogens with one attached hydrogen (secondary N) is 1. The normalized spacial score (nSPS) is 15.5. The number of hydrogen-bond acceptors (Lipinski definition) is 3. The van der Waals surface area contributed by atoms with Crippen molar-refractivity contribution in [2.45, 2.75) is 45.4 Å². The number of nitrogens with zero attached hydrogens (tertiary/aromatic N) is 1. The Morgan fingerprint density at radius 1 is 1.40 bits per heavy atom. The fourth-order valence-corrected chi connectivity index (χ4v) is 3.39. The van der Waals surface area contributed by atoms with Crippen LogP contribution < -0.4 is 5.32 Å². The van der Waals surface area contributed by atoms with Crippen LogP contribution in [0, 0.1) is 23.0 Å². The van der Waals surface area contributed by atoms with Crippen LogP contribution in [0.1, 0.15) is 44.1 Å². The first kappa shape index (κ1) is 15.3. The van der Waals surface area contributed by atoms with Crippen LogP contribution in [-0.4, -0.2) is 11.5 Å². The van der Waals surface area contributed by atoms with Crippen LogP contribution in [0.15, 0.2) is 16.6 Å². The highest BCUT2D eigenvalue weighted by Gasteiger charge is 2.15. The summed E-state index contributed by atoms with van der Waals surface area (Å²) in [5.41, 5.74) is 1.80. The summed E-state index contributed by atoms with van der Waals surface area (Å²) in [6.07, 6.45) is 8.01. The lowest BCUT2D eigenvalue weighted by Gasteiger charge is -2.12. The zero-order chi connectivity index (χ0) is 14.5. The third-order valence-corrected chi connectivity index (χ3v) is 4.72. The van der Waals surface area contributed by atoms with E-state index in [0.29, 0.717) is 5.56 Å². The van der Waals surface area contributed by atoms with Crippen molar-refractivity contribution < 1.29 is 4.92 Å². The fourth-order valence-electron chi connectivity index (χ4n) is 2.92. The molecule has 0 unspecified atom stereocenters. The molecule has 1 aliphatic carbocycles. The van der Waals surface area contributed by atoms with Crippen molar-refractivity contribution in [2.24, 2.45) is 5.92 Å². The Balaban J connectivity index is 1.86. The molecule has 0 saturated heterocycles. The van der Waals surface area contributed by atoms with Gasteiger partial charge in [0.2, 0.25) is 0 Å². The molecule has 1 aliphatic rings. The van der Waals surface area contributed by atoms with Gasteiger partial charge < -0.3 is 5.32 Å². The Labute approximate surface area is 128 Å². The first-order chi connectivity index (χ1) is 9.58. The van der Waals surface area contributed by atoms with Crippen LogP contribution >= 0.6 is 15.9 Å². The molecule has 0 bridgehead atoms. The minimum Gasteiger partial charge on any atom is -0.384 e. The topological polar surface area (TPSA) is 55.2 Å². The lowest BCUT2D eigenvalue weighted by atomic mass is 10.0. The van der Waals surface area contributed by atoms with Gasteiger partial charge in [-0.3, -0.25) is 10.1 Å². The van der Waals surface area contributed by atoms with Crippen molar-refractivity contribution in [3.05, 3.63) is 32.3 Å². The maximum Gasteiger partial charge on any atom is 0.273 e. The average molecular weight is 341 g/mol. The van der Waals surface area contributed by atoms with Crippen LogP contribution in [0.4, 0.5) is 11.4 Å².